The minimum atomic E-state index is -1.02. The van der Waals surface area contributed by atoms with Crippen molar-refractivity contribution in [1.82, 2.24) is 10.2 Å². The van der Waals surface area contributed by atoms with E-state index in [1.165, 1.54) is 18.9 Å². The summed E-state index contributed by atoms with van der Waals surface area (Å²) in [5.74, 6) is -1.26. The Morgan fingerprint density at radius 1 is 1.41 bits per heavy atom. The lowest BCUT2D eigenvalue weighted by Gasteiger charge is -2.18. The number of likely N-dealkylation sites (N-methyl/N-ethyl adjacent to an activating group) is 1. The van der Waals surface area contributed by atoms with E-state index in [0.717, 1.165) is 12.8 Å². The van der Waals surface area contributed by atoms with Crippen molar-refractivity contribution in [2.24, 2.45) is 5.92 Å². The van der Waals surface area contributed by atoms with E-state index < -0.39 is 17.9 Å². The first-order valence-electron chi connectivity index (χ1n) is 5.64. The molecule has 1 fully saturated rings. The van der Waals surface area contributed by atoms with Gasteiger partial charge in [-0.1, -0.05) is 12.8 Å². The summed E-state index contributed by atoms with van der Waals surface area (Å²) in [6, 6.07) is -0.838. The van der Waals surface area contributed by atoms with Gasteiger partial charge in [0.05, 0.1) is 6.54 Å². The molecular weight excluding hydrogens is 224 g/mol. The molecule has 0 aromatic carbocycles. The molecule has 6 heteroatoms. The minimum absolute atomic E-state index is 0.107. The molecule has 0 aliphatic heterocycles. The topological polar surface area (TPSA) is 86.7 Å². The van der Waals surface area contributed by atoms with Gasteiger partial charge in [0.25, 0.3) is 0 Å². The molecule has 0 spiro atoms. The minimum Gasteiger partial charge on any atom is -0.480 e. The predicted molar refractivity (Wildman–Crippen MR) is 60.2 cm³/mol. The van der Waals surface area contributed by atoms with Crippen LogP contribution in [0.25, 0.3) is 0 Å². The van der Waals surface area contributed by atoms with Gasteiger partial charge in [0.2, 0.25) is 11.8 Å². The number of nitrogens with zero attached hydrogens (tertiary/aromatic N) is 1. The SMILES string of the molecule is CC(=O)N(C)CC(=O)NC(CC1CC1)C(=O)O. The highest BCUT2D eigenvalue weighted by molar-refractivity contribution is 5.87. The van der Waals surface area contributed by atoms with Gasteiger partial charge in [-0.3, -0.25) is 9.59 Å². The van der Waals surface area contributed by atoms with E-state index in [9.17, 15) is 14.4 Å². The lowest BCUT2D eigenvalue weighted by molar-refractivity contribution is -0.142. The molecule has 1 atom stereocenters. The number of hydrogen-bond donors (Lipinski definition) is 2. The second kappa shape index (κ2) is 5.65. The smallest absolute Gasteiger partial charge is 0.326 e. The number of rotatable bonds is 6. The fourth-order valence-electron chi connectivity index (χ4n) is 1.48. The molecule has 1 aliphatic carbocycles. The quantitative estimate of drug-likeness (QED) is 0.677. The van der Waals surface area contributed by atoms with Crippen LogP contribution in [0.2, 0.25) is 0 Å². The van der Waals surface area contributed by atoms with Crippen molar-refractivity contribution in [3.05, 3.63) is 0 Å². The number of carboxylic acid groups (broad SMARTS) is 1. The summed E-state index contributed by atoms with van der Waals surface area (Å²) in [5.41, 5.74) is 0. The molecule has 0 saturated heterocycles. The van der Waals surface area contributed by atoms with Gasteiger partial charge >= 0.3 is 5.97 Å². The molecule has 1 aliphatic rings. The maximum atomic E-state index is 11.5. The van der Waals surface area contributed by atoms with E-state index in [1.54, 1.807) is 0 Å². The van der Waals surface area contributed by atoms with E-state index >= 15 is 0 Å². The van der Waals surface area contributed by atoms with E-state index in [2.05, 4.69) is 5.32 Å². The van der Waals surface area contributed by atoms with Crippen molar-refractivity contribution < 1.29 is 19.5 Å². The average molecular weight is 242 g/mol. The third kappa shape index (κ3) is 4.84. The number of amides is 2. The highest BCUT2D eigenvalue weighted by Gasteiger charge is 2.30. The van der Waals surface area contributed by atoms with Crippen molar-refractivity contribution in [3.63, 3.8) is 0 Å². The molecule has 2 amide bonds. The molecular formula is C11H18N2O4. The summed E-state index contributed by atoms with van der Waals surface area (Å²) in [5, 5.41) is 11.4. The van der Waals surface area contributed by atoms with Crippen LogP contribution < -0.4 is 5.32 Å². The maximum absolute atomic E-state index is 11.5. The molecule has 0 heterocycles. The highest BCUT2D eigenvalue weighted by atomic mass is 16.4. The molecule has 1 unspecified atom stereocenters. The van der Waals surface area contributed by atoms with Crippen molar-refractivity contribution in [2.75, 3.05) is 13.6 Å². The lowest BCUT2D eigenvalue weighted by Crippen LogP contribution is -2.45. The Labute approximate surface area is 100.0 Å². The first-order chi connectivity index (χ1) is 7.90. The van der Waals surface area contributed by atoms with Gasteiger partial charge in [-0.05, 0) is 12.3 Å². The van der Waals surface area contributed by atoms with Crippen molar-refractivity contribution in [2.45, 2.75) is 32.2 Å². The molecule has 0 bridgehead atoms. The van der Waals surface area contributed by atoms with Crippen molar-refractivity contribution in [3.8, 4) is 0 Å². The van der Waals surface area contributed by atoms with E-state index in [0.29, 0.717) is 12.3 Å². The number of hydrogen-bond acceptors (Lipinski definition) is 3. The van der Waals surface area contributed by atoms with Gasteiger partial charge in [-0.15, -0.1) is 0 Å². The summed E-state index contributed by atoms with van der Waals surface area (Å²) in [4.78, 5) is 34.6. The zero-order valence-corrected chi connectivity index (χ0v) is 10.1. The van der Waals surface area contributed by atoms with Gasteiger partial charge in [0.15, 0.2) is 0 Å². The number of carbonyl (C=O) groups excluding carboxylic acids is 2. The summed E-state index contributed by atoms with van der Waals surface area (Å²) in [7, 11) is 1.50. The van der Waals surface area contributed by atoms with Crippen molar-refractivity contribution >= 4 is 17.8 Å². The standard InChI is InChI=1S/C11H18N2O4/c1-7(14)13(2)6-10(15)12-9(11(16)17)5-8-3-4-8/h8-9H,3-6H2,1-2H3,(H,12,15)(H,16,17). The molecule has 6 nitrogen and oxygen atoms in total. The van der Waals surface area contributed by atoms with E-state index in [1.807, 2.05) is 0 Å². The summed E-state index contributed by atoms with van der Waals surface area (Å²) in [6.45, 7) is 1.25. The van der Waals surface area contributed by atoms with Crippen LogP contribution in [0.3, 0.4) is 0 Å². The maximum Gasteiger partial charge on any atom is 0.326 e. The zero-order valence-electron chi connectivity index (χ0n) is 10.1. The first kappa shape index (κ1) is 13.5. The molecule has 96 valence electrons. The van der Waals surface area contributed by atoms with Crippen LogP contribution in [0.4, 0.5) is 0 Å². The number of aliphatic carboxylic acids is 1. The number of carboxylic acids is 1. The second-order valence-electron chi connectivity index (χ2n) is 4.51. The number of nitrogens with one attached hydrogen (secondary N) is 1. The summed E-state index contributed by atoms with van der Waals surface area (Å²) >= 11 is 0. The number of carbonyl (C=O) groups is 3. The Morgan fingerprint density at radius 2 is 2.00 bits per heavy atom. The predicted octanol–water partition coefficient (Wildman–Crippen LogP) is -0.166. The van der Waals surface area contributed by atoms with Gasteiger partial charge in [0, 0.05) is 14.0 Å². The summed E-state index contributed by atoms with van der Waals surface area (Å²) < 4.78 is 0. The van der Waals surface area contributed by atoms with Gasteiger partial charge in [-0.2, -0.15) is 0 Å². The Hall–Kier alpha value is -1.59. The average Bonchev–Trinajstić information content (AvgIpc) is 3.00. The lowest BCUT2D eigenvalue weighted by atomic mass is 10.1. The van der Waals surface area contributed by atoms with E-state index in [-0.39, 0.29) is 12.5 Å². The third-order valence-electron chi connectivity index (χ3n) is 2.82. The molecule has 1 saturated carbocycles. The normalized spacial score (nSPS) is 16.1. The fourth-order valence-corrected chi connectivity index (χ4v) is 1.48. The van der Waals surface area contributed by atoms with Crippen LogP contribution in [0, 0.1) is 5.92 Å². The van der Waals surface area contributed by atoms with Gasteiger partial charge in [-0.25, -0.2) is 4.79 Å². The Balaban J connectivity index is 2.40. The van der Waals surface area contributed by atoms with Crippen LogP contribution in [-0.4, -0.2) is 47.4 Å². The monoisotopic (exact) mass is 242 g/mol. The zero-order chi connectivity index (χ0) is 13.0. The Morgan fingerprint density at radius 3 is 2.41 bits per heavy atom. The van der Waals surface area contributed by atoms with E-state index in [4.69, 9.17) is 5.11 Å². The van der Waals surface area contributed by atoms with Crippen LogP contribution >= 0.6 is 0 Å². The third-order valence-corrected chi connectivity index (χ3v) is 2.82. The van der Waals surface area contributed by atoms with Gasteiger partial charge < -0.3 is 15.3 Å². The van der Waals surface area contributed by atoms with Crippen LogP contribution in [0.15, 0.2) is 0 Å². The van der Waals surface area contributed by atoms with Crippen molar-refractivity contribution in [1.29, 1.82) is 0 Å². The molecule has 0 aromatic rings. The van der Waals surface area contributed by atoms with Crippen LogP contribution in [0.1, 0.15) is 26.2 Å². The molecule has 2 N–H and O–H groups in total. The second-order valence-corrected chi connectivity index (χ2v) is 4.51. The highest BCUT2D eigenvalue weighted by Crippen LogP contribution is 2.33. The van der Waals surface area contributed by atoms with Crippen LogP contribution in [0.5, 0.6) is 0 Å². The molecule has 1 rings (SSSR count). The Kier molecular flexibility index (Phi) is 4.48. The first-order valence-corrected chi connectivity index (χ1v) is 5.64. The summed E-state index contributed by atoms with van der Waals surface area (Å²) in [6.07, 6.45) is 2.55. The Bertz CT molecular complexity index is 325. The fraction of sp³-hybridized carbons (Fsp3) is 0.727. The van der Waals surface area contributed by atoms with Crippen LogP contribution in [-0.2, 0) is 14.4 Å². The molecule has 17 heavy (non-hydrogen) atoms. The van der Waals surface area contributed by atoms with Gasteiger partial charge in [0.1, 0.15) is 6.04 Å². The largest absolute Gasteiger partial charge is 0.480 e. The molecule has 0 aromatic heterocycles. The molecule has 0 radical (unpaired) electrons.